The number of rotatable bonds is 16. The normalized spacial score (nSPS) is 22.7. The van der Waals surface area contributed by atoms with Crippen LogP contribution in [0.1, 0.15) is 65.5 Å². The van der Waals surface area contributed by atoms with Gasteiger partial charge in [0.2, 0.25) is 5.79 Å². The summed E-state index contributed by atoms with van der Waals surface area (Å²) in [5.74, 6) is -1.32. The minimum absolute atomic E-state index is 0.0157. The van der Waals surface area contributed by atoms with Crippen molar-refractivity contribution in [2.75, 3.05) is 27.9 Å². The first-order valence-corrected chi connectivity index (χ1v) is 19.6. The first-order valence-electron chi connectivity index (χ1n) is 16.7. The van der Waals surface area contributed by atoms with Gasteiger partial charge in [-0.3, -0.25) is 0 Å². The van der Waals surface area contributed by atoms with Gasteiger partial charge in [-0.05, 0) is 60.3 Å². The van der Waals surface area contributed by atoms with Crippen LogP contribution in [0.4, 0.5) is 0 Å². The molecule has 0 aliphatic carbocycles. The maximum absolute atomic E-state index is 12.5. The molecule has 5 atom stereocenters. The lowest BCUT2D eigenvalue weighted by atomic mass is 9.75. The van der Waals surface area contributed by atoms with E-state index in [2.05, 4.69) is 33.9 Å². The molecule has 1 saturated heterocycles. The van der Waals surface area contributed by atoms with Gasteiger partial charge in [0.1, 0.15) is 11.9 Å². The number of aliphatic hydroxyl groups is 1. The van der Waals surface area contributed by atoms with E-state index in [0.29, 0.717) is 25.2 Å². The van der Waals surface area contributed by atoms with Gasteiger partial charge >= 0.3 is 5.97 Å². The molecule has 0 saturated carbocycles. The van der Waals surface area contributed by atoms with Crippen molar-refractivity contribution in [3.05, 3.63) is 77.4 Å². The Morgan fingerprint density at radius 2 is 1.58 bits per heavy atom. The first-order chi connectivity index (χ1) is 22.5. The molecule has 48 heavy (non-hydrogen) atoms. The van der Waals surface area contributed by atoms with Crippen molar-refractivity contribution in [2.24, 2.45) is 5.41 Å². The second-order valence-electron chi connectivity index (χ2n) is 14.8. The Morgan fingerprint density at radius 1 is 0.979 bits per heavy atom. The zero-order chi connectivity index (χ0) is 35.8. The Balaban J connectivity index is 1.94. The summed E-state index contributed by atoms with van der Waals surface area (Å²) in [5, 5.41) is 11.9. The Hall–Kier alpha value is -2.57. The standard InChI is InChI=1S/C38H58O9Si/c1-27(44-24-28-15-13-12-14-16-28)33(45-25-29-17-19-31(41-7)20-18-29)23-32-21-30(22-34(39)42-8)35(40)38(43-9,47-32)37(5,6)26-46-48(10,11)36(2,3)4/h12-20,22,27,32-33,35,40H,21,23-26H2,1-11H3/b30-22+/t27-,32+,33-,35?,38-/m1/s1. The molecular weight excluding hydrogens is 628 g/mol. The van der Waals surface area contributed by atoms with E-state index >= 15 is 0 Å². The van der Waals surface area contributed by atoms with E-state index in [-0.39, 0.29) is 24.2 Å². The highest BCUT2D eigenvalue weighted by Gasteiger charge is 2.58. The molecule has 2 aromatic rings. The summed E-state index contributed by atoms with van der Waals surface area (Å²) in [7, 11) is 2.32. The molecule has 0 amide bonds. The molecule has 0 aromatic heterocycles. The number of esters is 1. The summed E-state index contributed by atoms with van der Waals surface area (Å²) < 4.78 is 42.9. The second kappa shape index (κ2) is 16.9. The fourth-order valence-corrected chi connectivity index (χ4v) is 6.74. The first kappa shape index (κ1) is 39.9. The van der Waals surface area contributed by atoms with Crippen molar-refractivity contribution in [1.82, 2.24) is 0 Å². The molecule has 9 nitrogen and oxygen atoms in total. The number of benzene rings is 2. The third-order valence-corrected chi connectivity index (χ3v) is 14.3. The summed E-state index contributed by atoms with van der Waals surface area (Å²) in [4.78, 5) is 12.5. The molecule has 0 spiro atoms. The molecule has 1 fully saturated rings. The number of hydrogen-bond donors (Lipinski definition) is 1. The van der Waals surface area contributed by atoms with E-state index in [9.17, 15) is 9.90 Å². The Labute approximate surface area is 289 Å². The highest BCUT2D eigenvalue weighted by molar-refractivity contribution is 6.74. The van der Waals surface area contributed by atoms with Crippen LogP contribution in [-0.4, -0.2) is 77.5 Å². The number of hydrogen-bond acceptors (Lipinski definition) is 9. The van der Waals surface area contributed by atoms with Crippen LogP contribution in [-0.2, 0) is 46.1 Å². The molecule has 10 heteroatoms. The Morgan fingerprint density at radius 3 is 2.15 bits per heavy atom. The average Bonchev–Trinajstić information content (AvgIpc) is 3.06. The lowest BCUT2D eigenvalue weighted by Crippen LogP contribution is -2.64. The fourth-order valence-electron chi connectivity index (χ4n) is 5.58. The minimum atomic E-state index is -2.17. The molecular formula is C38H58O9Si. The zero-order valence-corrected chi connectivity index (χ0v) is 31.8. The predicted octanol–water partition coefficient (Wildman–Crippen LogP) is 7.22. The number of methoxy groups -OCH3 is 3. The Kier molecular flexibility index (Phi) is 14.0. The number of aliphatic hydroxyl groups excluding tert-OH is 1. The van der Waals surface area contributed by atoms with Crippen molar-refractivity contribution < 1.29 is 42.7 Å². The van der Waals surface area contributed by atoms with Gasteiger partial charge in [0.15, 0.2) is 8.32 Å². The SMILES string of the molecule is COC(=O)/C=C1\C[C@@H](C[C@@H](OCc2ccc(OC)cc2)[C@@H](C)OCc2ccccc2)O[C@@](OC)(C(C)(C)CO[Si](C)(C)C(C)(C)C)C1O. The highest BCUT2D eigenvalue weighted by Crippen LogP contribution is 2.48. The van der Waals surface area contributed by atoms with Gasteiger partial charge in [-0.25, -0.2) is 4.79 Å². The molecule has 3 rings (SSSR count). The van der Waals surface area contributed by atoms with Gasteiger partial charge in [-0.15, -0.1) is 0 Å². The summed E-state index contributed by atoms with van der Waals surface area (Å²) in [5.41, 5.74) is 1.67. The average molecular weight is 687 g/mol. The van der Waals surface area contributed by atoms with E-state index in [1.807, 2.05) is 75.4 Å². The van der Waals surface area contributed by atoms with Crippen molar-refractivity contribution >= 4 is 14.3 Å². The molecule has 1 heterocycles. The van der Waals surface area contributed by atoms with Crippen molar-refractivity contribution in [3.8, 4) is 5.75 Å². The summed E-state index contributed by atoms with van der Waals surface area (Å²) >= 11 is 0. The lowest BCUT2D eigenvalue weighted by molar-refractivity contribution is -0.350. The fraction of sp³-hybridized carbons (Fsp3) is 0.605. The van der Waals surface area contributed by atoms with Gasteiger partial charge in [0, 0.05) is 31.6 Å². The van der Waals surface area contributed by atoms with E-state index in [1.54, 1.807) is 7.11 Å². The predicted molar refractivity (Wildman–Crippen MR) is 189 cm³/mol. The van der Waals surface area contributed by atoms with Crippen LogP contribution < -0.4 is 4.74 Å². The van der Waals surface area contributed by atoms with Crippen molar-refractivity contribution in [3.63, 3.8) is 0 Å². The zero-order valence-electron chi connectivity index (χ0n) is 30.8. The highest BCUT2D eigenvalue weighted by atomic mass is 28.4. The van der Waals surface area contributed by atoms with Gasteiger partial charge in [-0.1, -0.05) is 77.1 Å². The number of ether oxygens (including phenoxy) is 6. The topological polar surface area (TPSA) is 102 Å². The maximum atomic E-state index is 12.5. The van der Waals surface area contributed by atoms with Crippen molar-refractivity contribution in [1.29, 1.82) is 0 Å². The van der Waals surface area contributed by atoms with Crippen molar-refractivity contribution in [2.45, 2.75) is 116 Å². The van der Waals surface area contributed by atoms with Crippen LogP contribution in [0.15, 0.2) is 66.2 Å². The van der Waals surface area contributed by atoms with Crippen LogP contribution in [0.25, 0.3) is 0 Å². The van der Waals surface area contributed by atoms with Crippen LogP contribution >= 0.6 is 0 Å². The van der Waals surface area contributed by atoms with Gasteiger partial charge in [-0.2, -0.15) is 0 Å². The van der Waals surface area contributed by atoms with Crippen LogP contribution in [0.2, 0.25) is 18.1 Å². The molecule has 1 N–H and O–H groups in total. The molecule has 1 aliphatic heterocycles. The molecule has 2 aromatic carbocycles. The van der Waals surface area contributed by atoms with E-state index in [1.165, 1.54) is 20.3 Å². The molecule has 0 bridgehead atoms. The molecule has 268 valence electrons. The van der Waals surface area contributed by atoms with Crippen LogP contribution in [0.3, 0.4) is 0 Å². The Bertz CT molecular complexity index is 1320. The van der Waals surface area contributed by atoms with Gasteiger partial charge in [0.05, 0.1) is 45.7 Å². The van der Waals surface area contributed by atoms with Gasteiger partial charge in [0.25, 0.3) is 0 Å². The third-order valence-electron chi connectivity index (χ3n) is 9.86. The summed E-state index contributed by atoms with van der Waals surface area (Å²) in [6.45, 7) is 17.9. The largest absolute Gasteiger partial charge is 0.497 e. The van der Waals surface area contributed by atoms with E-state index in [0.717, 1.165) is 16.9 Å². The van der Waals surface area contributed by atoms with Crippen LogP contribution in [0, 0.1) is 5.41 Å². The van der Waals surface area contributed by atoms with E-state index in [4.69, 9.17) is 32.8 Å². The van der Waals surface area contributed by atoms with E-state index < -0.39 is 43.8 Å². The number of carbonyl (C=O) groups excluding carboxylic acids is 1. The lowest BCUT2D eigenvalue weighted by Gasteiger charge is -2.54. The monoisotopic (exact) mass is 686 g/mol. The summed E-state index contributed by atoms with van der Waals surface area (Å²) in [6.07, 6.45) is -0.450. The third kappa shape index (κ3) is 10.00. The minimum Gasteiger partial charge on any atom is -0.497 e. The van der Waals surface area contributed by atoms with Gasteiger partial charge < -0.3 is 38.0 Å². The summed E-state index contributed by atoms with van der Waals surface area (Å²) in [6, 6.07) is 17.7. The second-order valence-corrected chi connectivity index (χ2v) is 19.6. The smallest absolute Gasteiger partial charge is 0.330 e. The maximum Gasteiger partial charge on any atom is 0.330 e. The molecule has 1 aliphatic rings. The number of carbonyl (C=O) groups is 1. The quantitative estimate of drug-likeness (QED) is 0.111. The molecule has 0 radical (unpaired) electrons. The van der Waals surface area contributed by atoms with Crippen LogP contribution in [0.5, 0.6) is 5.75 Å². The molecule has 1 unspecified atom stereocenters.